The van der Waals surface area contributed by atoms with Crippen LogP contribution in [0.25, 0.3) is 0 Å². The van der Waals surface area contributed by atoms with E-state index in [-0.39, 0.29) is 6.10 Å². The molecule has 1 aromatic carbocycles. The first-order valence-corrected chi connectivity index (χ1v) is 8.60. The van der Waals surface area contributed by atoms with Gasteiger partial charge in [-0.2, -0.15) is 0 Å². The van der Waals surface area contributed by atoms with Gasteiger partial charge in [0.25, 0.3) is 0 Å². The van der Waals surface area contributed by atoms with Gasteiger partial charge in [0.1, 0.15) is 0 Å². The van der Waals surface area contributed by atoms with Crippen LogP contribution in [0.2, 0.25) is 0 Å². The molecule has 1 heterocycles. The van der Waals surface area contributed by atoms with E-state index < -0.39 is 6.10 Å². The molecule has 0 amide bonds. The zero-order valence-electron chi connectivity index (χ0n) is 12.0. The SMILES string of the molecule is CC(OCC(O)CNCc1cc(Br)cs1)c1ccccc1. The Balaban J connectivity index is 1.64. The monoisotopic (exact) mass is 369 g/mol. The van der Waals surface area contributed by atoms with E-state index in [1.165, 1.54) is 4.88 Å². The van der Waals surface area contributed by atoms with E-state index in [0.29, 0.717) is 13.2 Å². The summed E-state index contributed by atoms with van der Waals surface area (Å²) in [6, 6.07) is 12.1. The van der Waals surface area contributed by atoms with Gasteiger partial charge < -0.3 is 15.2 Å². The Morgan fingerprint density at radius 3 is 2.76 bits per heavy atom. The third-order valence-electron chi connectivity index (χ3n) is 3.11. The van der Waals surface area contributed by atoms with Crippen molar-refractivity contribution in [2.75, 3.05) is 13.2 Å². The van der Waals surface area contributed by atoms with E-state index in [4.69, 9.17) is 4.74 Å². The summed E-state index contributed by atoms with van der Waals surface area (Å²) >= 11 is 5.12. The van der Waals surface area contributed by atoms with Crippen molar-refractivity contribution in [1.29, 1.82) is 0 Å². The highest BCUT2D eigenvalue weighted by molar-refractivity contribution is 9.10. The number of benzene rings is 1. The molecule has 3 nitrogen and oxygen atoms in total. The second kappa shape index (κ2) is 8.66. The lowest BCUT2D eigenvalue weighted by Crippen LogP contribution is -2.30. The van der Waals surface area contributed by atoms with Crippen molar-refractivity contribution >= 4 is 27.3 Å². The largest absolute Gasteiger partial charge is 0.389 e. The van der Waals surface area contributed by atoms with Gasteiger partial charge in [-0.1, -0.05) is 30.3 Å². The van der Waals surface area contributed by atoms with Crippen molar-refractivity contribution < 1.29 is 9.84 Å². The van der Waals surface area contributed by atoms with Gasteiger partial charge in [-0.3, -0.25) is 0 Å². The Kier molecular flexibility index (Phi) is 6.86. The minimum Gasteiger partial charge on any atom is -0.389 e. The van der Waals surface area contributed by atoms with Crippen LogP contribution in [0, 0.1) is 0 Å². The topological polar surface area (TPSA) is 41.5 Å². The van der Waals surface area contributed by atoms with E-state index >= 15 is 0 Å². The van der Waals surface area contributed by atoms with Crippen LogP contribution in [-0.2, 0) is 11.3 Å². The van der Waals surface area contributed by atoms with Crippen molar-refractivity contribution in [1.82, 2.24) is 5.32 Å². The summed E-state index contributed by atoms with van der Waals surface area (Å²) in [6.07, 6.45) is -0.506. The van der Waals surface area contributed by atoms with Crippen molar-refractivity contribution in [2.45, 2.75) is 25.7 Å². The Morgan fingerprint density at radius 1 is 1.33 bits per heavy atom. The maximum absolute atomic E-state index is 9.93. The third kappa shape index (κ3) is 5.88. The summed E-state index contributed by atoms with van der Waals surface area (Å²) in [5, 5.41) is 15.2. The summed E-state index contributed by atoms with van der Waals surface area (Å²) in [7, 11) is 0. The number of ether oxygens (including phenoxy) is 1. The van der Waals surface area contributed by atoms with Crippen LogP contribution in [0.4, 0.5) is 0 Å². The van der Waals surface area contributed by atoms with E-state index in [1.807, 2.05) is 37.3 Å². The molecule has 5 heteroatoms. The summed E-state index contributed by atoms with van der Waals surface area (Å²) in [4.78, 5) is 1.24. The normalized spacial score (nSPS) is 14.0. The molecule has 2 rings (SSSR count). The van der Waals surface area contributed by atoms with E-state index in [2.05, 4.69) is 32.7 Å². The second-order valence-electron chi connectivity index (χ2n) is 4.90. The van der Waals surface area contributed by atoms with Crippen molar-refractivity contribution in [3.05, 3.63) is 56.7 Å². The van der Waals surface area contributed by atoms with Crippen LogP contribution in [0.3, 0.4) is 0 Å². The number of nitrogens with one attached hydrogen (secondary N) is 1. The molecule has 114 valence electrons. The standard InChI is InChI=1S/C16H20BrNO2S/c1-12(13-5-3-2-4-6-13)20-10-15(19)8-18-9-16-7-14(17)11-21-16/h2-7,11-12,15,18-19H,8-10H2,1H3. The molecule has 0 fully saturated rings. The molecule has 0 spiro atoms. The van der Waals surface area contributed by atoms with Crippen LogP contribution in [0.15, 0.2) is 46.3 Å². The van der Waals surface area contributed by atoms with Crippen LogP contribution < -0.4 is 5.32 Å². The average Bonchev–Trinajstić information content (AvgIpc) is 2.91. The molecule has 2 N–H and O–H groups in total. The van der Waals surface area contributed by atoms with Gasteiger partial charge in [0.05, 0.1) is 18.8 Å². The maximum Gasteiger partial charge on any atom is 0.0898 e. The lowest BCUT2D eigenvalue weighted by molar-refractivity contribution is -0.00210. The molecule has 0 aliphatic carbocycles. The van der Waals surface area contributed by atoms with E-state index in [1.54, 1.807) is 11.3 Å². The van der Waals surface area contributed by atoms with Gasteiger partial charge >= 0.3 is 0 Å². The smallest absolute Gasteiger partial charge is 0.0898 e. The second-order valence-corrected chi connectivity index (χ2v) is 6.81. The first-order chi connectivity index (χ1) is 10.1. The Morgan fingerprint density at radius 2 is 2.10 bits per heavy atom. The molecule has 2 unspecified atom stereocenters. The number of thiophene rings is 1. The van der Waals surface area contributed by atoms with Gasteiger partial charge in [-0.25, -0.2) is 0 Å². The molecule has 0 aliphatic rings. The maximum atomic E-state index is 9.93. The zero-order valence-corrected chi connectivity index (χ0v) is 14.4. The minimum absolute atomic E-state index is 0.00546. The van der Waals surface area contributed by atoms with Crippen molar-refractivity contribution in [3.8, 4) is 0 Å². The van der Waals surface area contributed by atoms with Crippen molar-refractivity contribution in [3.63, 3.8) is 0 Å². The molecule has 0 saturated heterocycles. The van der Waals surface area contributed by atoms with Gasteiger partial charge in [0.15, 0.2) is 0 Å². The van der Waals surface area contributed by atoms with Crippen molar-refractivity contribution in [2.24, 2.45) is 0 Å². The molecule has 1 aromatic heterocycles. The zero-order chi connectivity index (χ0) is 15.1. The lowest BCUT2D eigenvalue weighted by atomic mass is 10.1. The summed E-state index contributed by atoms with van der Waals surface area (Å²) in [6.45, 7) is 3.62. The Bertz CT molecular complexity index is 532. The quantitative estimate of drug-likeness (QED) is 0.744. The van der Waals surface area contributed by atoms with Crippen LogP contribution in [-0.4, -0.2) is 24.4 Å². The molecule has 0 radical (unpaired) electrons. The fourth-order valence-electron chi connectivity index (χ4n) is 1.94. The number of hydrogen-bond acceptors (Lipinski definition) is 4. The van der Waals surface area contributed by atoms with Crippen LogP contribution in [0.5, 0.6) is 0 Å². The first-order valence-electron chi connectivity index (χ1n) is 6.93. The molecule has 21 heavy (non-hydrogen) atoms. The summed E-state index contributed by atoms with van der Waals surface area (Å²) in [5.74, 6) is 0. The highest BCUT2D eigenvalue weighted by Crippen LogP contribution is 2.19. The van der Waals surface area contributed by atoms with E-state index in [9.17, 15) is 5.11 Å². The predicted octanol–water partition coefficient (Wildman–Crippen LogP) is 3.74. The van der Waals surface area contributed by atoms with Gasteiger partial charge in [0.2, 0.25) is 0 Å². The summed E-state index contributed by atoms with van der Waals surface area (Å²) in [5.41, 5.74) is 1.13. The fraction of sp³-hybridized carbons (Fsp3) is 0.375. The Labute approximate surface area is 138 Å². The predicted molar refractivity (Wildman–Crippen MR) is 90.5 cm³/mol. The van der Waals surface area contributed by atoms with Gasteiger partial charge in [0, 0.05) is 27.8 Å². The highest BCUT2D eigenvalue weighted by atomic mass is 79.9. The molecular formula is C16H20BrNO2S. The number of aliphatic hydroxyl groups is 1. The molecule has 0 aliphatic heterocycles. The Hall–Kier alpha value is -0.720. The van der Waals surface area contributed by atoms with Gasteiger partial charge in [-0.15, -0.1) is 11.3 Å². The van der Waals surface area contributed by atoms with E-state index in [0.717, 1.165) is 16.6 Å². The average molecular weight is 370 g/mol. The van der Waals surface area contributed by atoms with Crippen LogP contribution >= 0.6 is 27.3 Å². The highest BCUT2D eigenvalue weighted by Gasteiger charge is 2.09. The lowest BCUT2D eigenvalue weighted by Gasteiger charge is -2.17. The molecule has 0 bridgehead atoms. The number of rotatable bonds is 8. The van der Waals surface area contributed by atoms with Gasteiger partial charge in [-0.05, 0) is 34.5 Å². The number of halogens is 1. The summed E-state index contributed by atoms with van der Waals surface area (Å²) < 4.78 is 6.80. The molecule has 2 aromatic rings. The number of aliphatic hydroxyl groups excluding tert-OH is 1. The molecule has 0 saturated carbocycles. The number of hydrogen-bond donors (Lipinski definition) is 2. The third-order valence-corrected chi connectivity index (χ3v) is 4.81. The fourth-order valence-corrected chi connectivity index (χ4v) is 3.36. The molecule has 2 atom stereocenters. The molecular weight excluding hydrogens is 350 g/mol. The first kappa shape index (κ1) is 16.6. The van der Waals surface area contributed by atoms with Crippen LogP contribution in [0.1, 0.15) is 23.5 Å². The minimum atomic E-state index is -0.500.